The molecule has 0 bridgehead atoms. The molecule has 0 radical (unpaired) electrons. The summed E-state index contributed by atoms with van der Waals surface area (Å²) in [5.74, 6) is 0.327. The van der Waals surface area contributed by atoms with Crippen LogP contribution in [0.5, 0.6) is 0 Å². The molecule has 0 saturated heterocycles. The molecule has 0 aliphatic heterocycles. The zero-order valence-electron chi connectivity index (χ0n) is 19.8. The SMILES string of the molecule is CS(=O)(=O)Nc1ccc(C(=CC2CCCC2)c2cc3cccnc3n2S(=O)(=O)c2ccccc2)cc1. The smallest absolute Gasteiger partial charge is 0.269 e. The summed E-state index contributed by atoms with van der Waals surface area (Å²) in [5.41, 5.74) is 2.92. The molecule has 1 fully saturated rings. The van der Waals surface area contributed by atoms with Crippen molar-refractivity contribution in [2.45, 2.75) is 30.6 Å². The monoisotopic (exact) mass is 521 g/mol. The van der Waals surface area contributed by atoms with Crippen molar-refractivity contribution >= 4 is 42.3 Å². The number of pyridine rings is 1. The Hall–Kier alpha value is -3.43. The van der Waals surface area contributed by atoms with E-state index in [4.69, 9.17) is 0 Å². The molecule has 9 heteroatoms. The molecular formula is C27H27N3O4S2. The second kappa shape index (κ2) is 9.55. The summed E-state index contributed by atoms with van der Waals surface area (Å²) < 4.78 is 55.0. The topological polar surface area (TPSA) is 98.1 Å². The summed E-state index contributed by atoms with van der Waals surface area (Å²) in [6, 6.07) is 20.9. The van der Waals surface area contributed by atoms with Gasteiger partial charge in [0, 0.05) is 22.8 Å². The molecule has 2 aromatic heterocycles. The van der Waals surface area contributed by atoms with Gasteiger partial charge in [-0.3, -0.25) is 4.72 Å². The number of fused-ring (bicyclic) bond motifs is 1. The maximum atomic E-state index is 13.9. The second-order valence-corrected chi connectivity index (χ2v) is 12.6. The van der Waals surface area contributed by atoms with Crippen molar-refractivity contribution in [1.29, 1.82) is 0 Å². The number of benzene rings is 2. The summed E-state index contributed by atoms with van der Waals surface area (Å²) in [5, 5.41) is 0.722. The van der Waals surface area contributed by atoms with Crippen molar-refractivity contribution in [2.24, 2.45) is 5.92 Å². The van der Waals surface area contributed by atoms with Gasteiger partial charge in [0.2, 0.25) is 10.0 Å². The van der Waals surface area contributed by atoms with E-state index in [0.717, 1.165) is 48.5 Å². The number of nitrogens with one attached hydrogen (secondary N) is 1. The number of sulfonamides is 1. The molecule has 1 saturated carbocycles. The Balaban J connectivity index is 1.73. The van der Waals surface area contributed by atoms with Crippen molar-refractivity contribution < 1.29 is 16.8 Å². The molecule has 0 unspecified atom stereocenters. The lowest BCUT2D eigenvalue weighted by Crippen LogP contribution is -2.16. The molecule has 1 aliphatic rings. The van der Waals surface area contributed by atoms with Gasteiger partial charge in [-0.1, -0.05) is 49.2 Å². The van der Waals surface area contributed by atoms with Gasteiger partial charge < -0.3 is 0 Å². The third-order valence-electron chi connectivity index (χ3n) is 6.38. The molecule has 2 heterocycles. The third-order valence-corrected chi connectivity index (χ3v) is 8.70. The quantitative estimate of drug-likeness (QED) is 0.357. The molecule has 4 aromatic rings. The van der Waals surface area contributed by atoms with E-state index in [2.05, 4.69) is 15.8 Å². The first-order valence-corrected chi connectivity index (χ1v) is 15.1. The highest BCUT2D eigenvalue weighted by atomic mass is 32.2. The average molecular weight is 522 g/mol. The van der Waals surface area contributed by atoms with Gasteiger partial charge in [0.15, 0.2) is 5.65 Å². The van der Waals surface area contributed by atoms with E-state index >= 15 is 0 Å². The molecule has 1 N–H and O–H groups in total. The van der Waals surface area contributed by atoms with Crippen molar-refractivity contribution in [3.05, 3.63) is 96.3 Å². The number of hydrogen-bond donors (Lipinski definition) is 1. The van der Waals surface area contributed by atoms with E-state index in [9.17, 15) is 16.8 Å². The fourth-order valence-electron chi connectivity index (χ4n) is 4.76. The number of aromatic nitrogens is 2. The van der Waals surface area contributed by atoms with Gasteiger partial charge in [-0.25, -0.2) is 25.8 Å². The van der Waals surface area contributed by atoms with Crippen LogP contribution >= 0.6 is 0 Å². The molecule has 0 spiro atoms. The maximum absolute atomic E-state index is 13.9. The minimum atomic E-state index is -3.95. The van der Waals surface area contributed by atoms with Crippen molar-refractivity contribution in [3.8, 4) is 0 Å². The first-order valence-electron chi connectivity index (χ1n) is 11.8. The standard InChI is InChI=1S/C27H27N3O4S2/c1-35(31,32)29-23-15-13-21(14-16-23)25(18-20-8-5-6-9-20)26-19-22-10-7-17-28-27(22)30(26)36(33,34)24-11-3-2-4-12-24/h2-4,7,10-20,29H,5-6,8-9H2,1H3. The van der Waals surface area contributed by atoms with Gasteiger partial charge in [0.05, 0.1) is 16.8 Å². The molecule has 5 rings (SSSR count). The highest BCUT2D eigenvalue weighted by molar-refractivity contribution is 7.92. The van der Waals surface area contributed by atoms with Crippen LogP contribution in [-0.4, -0.2) is 32.0 Å². The van der Waals surface area contributed by atoms with Gasteiger partial charge in [0.1, 0.15) is 0 Å². The molecule has 36 heavy (non-hydrogen) atoms. The first kappa shape index (κ1) is 24.3. The van der Waals surface area contributed by atoms with Gasteiger partial charge in [-0.2, -0.15) is 0 Å². The third kappa shape index (κ3) is 4.94. The van der Waals surface area contributed by atoms with Crippen LogP contribution in [0, 0.1) is 5.92 Å². The Kier molecular flexibility index (Phi) is 6.44. The fraction of sp³-hybridized carbons (Fsp3) is 0.222. The van der Waals surface area contributed by atoms with Crippen LogP contribution in [0.2, 0.25) is 0 Å². The van der Waals surface area contributed by atoms with Crippen LogP contribution in [-0.2, 0) is 20.0 Å². The lowest BCUT2D eigenvalue weighted by Gasteiger charge is -2.16. The van der Waals surface area contributed by atoms with E-state index in [1.54, 1.807) is 54.7 Å². The van der Waals surface area contributed by atoms with E-state index in [-0.39, 0.29) is 4.90 Å². The first-order chi connectivity index (χ1) is 17.2. The molecule has 7 nitrogen and oxygen atoms in total. The maximum Gasteiger partial charge on any atom is 0.269 e. The summed E-state index contributed by atoms with van der Waals surface area (Å²) in [6.45, 7) is 0. The Bertz CT molecular complexity index is 1630. The Morgan fingerprint density at radius 2 is 1.64 bits per heavy atom. The summed E-state index contributed by atoms with van der Waals surface area (Å²) >= 11 is 0. The number of rotatable bonds is 7. The molecule has 1 aliphatic carbocycles. The number of nitrogens with zero attached hydrogens (tertiary/aromatic N) is 2. The van der Waals surface area contributed by atoms with E-state index in [1.165, 1.54) is 3.97 Å². The minimum absolute atomic E-state index is 0.183. The van der Waals surface area contributed by atoms with Crippen LogP contribution in [0.1, 0.15) is 36.9 Å². The van der Waals surface area contributed by atoms with Crippen molar-refractivity contribution in [2.75, 3.05) is 11.0 Å². The second-order valence-electron chi connectivity index (χ2n) is 9.10. The van der Waals surface area contributed by atoms with Crippen LogP contribution in [0.15, 0.2) is 90.0 Å². The van der Waals surface area contributed by atoms with Crippen LogP contribution in [0.25, 0.3) is 16.6 Å². The van der Waals surface area contributed by atoms with Crippen LogP contribution < -0.4 is 4.72 Å². The zero-order chi connectivity index (χ0) is 25.3. The summed E-state index contributed by atoms with van der Waals surface area (Å²) in [4.78, 5) is 4.62. The highest BCUT2D eigenvalue weighted by Crippen LogP contribution is 2.36. The fourth-order valence-corrected chi connectivity index (χ4v) is 6.83. The Morgan fingerprint density at radius 1 is 0.944 bits per heavy atom. The van der Waals surface area contributed by atoms with E-state index < -0.39 is 20.0 Å². The van der Waals surface area contributed by atoms with Gasteiger partial charge >= 0.3 is 0 Å². The van der Waals surface area contributed by atoms with Gasteiger partial charge in [0.25, 0.3) is 10.0 Å². The van der Waals surface area contributed by atoms with Crippen LogP contribution in [0.3, 0.4) is 0 Å². The normalized spacial score (nSPS) is 15.4. The highest BCUT2D eigenvalue weighted by Gasteiger charge is 2.27. The minimum Gasteiger partial charge on any atom is -0.284 e. The molecule has 2 aromatic carbocycles. The van der Waals surface area contributed by atoms with E-state index in [1.807, 2.05) is 24.3 Å². The molecular weight excluding hydrogens is 494 g/mol. The largest absolute Gasteiger partial charge is 0.284 e. The molecule has 0 atom stereocenters. The number of allylic oxidation sites excluding steroid dienone is 1. The van der Waals surface area contributed by atoms with E-state index in [0.29, 0.717) is 22.9 Å². The molecule has 0 amide bonds. The van der Waals surface area contributed by atoms with Gasteiger partial charge in [-0.15, -0.1) is 0 Å². The Labute approximate surface area is 211 Å². The van der Waals surface area contributed by atoms with Gasteiger partial charge in [-0.05, 0) is 66.8 Å². The lowest BCUT2D eigenvalue weighted by molar-refractivity contribution is 0.588. The number of hydrogen-bond acceptors (Lipinski definition) is 5. The van der Waals surface area contributed by atoms with Crippen molar-refractivity contribution in [3.63, 3.8) is 0 Å². The molecule has 186 valence electrons. The van der Waals surface area contributed by atoms with Crippen molar-refractivity contribution in [1.82, 2.24) is 8.96 Å². The lowest BCUT2D eigenvalue weighted by atomic mass is 9.96. The predicted octanol–water partition coefficient (Wildman–Crippen LogP) is 5.27. The number of anilines is 1. The average Bonchev–Trinajstić information content (AvgIpc) is 3.50. The zero-order valence-corrected chi connectivity index (χ0v) is 21.5. The van der Waals surface area contributed by atoms with Crippen LogP contribution in [0.4, 0.5) is 5.69 Å². The predicted molar refractivity (Wildman–Crippen MR) is 143 cm³/mol. The Morgan fingerprint density at radius 3 is 2.31 bits per heavy atom. The summed E-state index contributed by atoms with van der Waals surface area (Å²) in [7, 11) is -7.36. The summed E-state index contributed by atoms with van der Waals surface area (Å²) in [6.07, 6.45) is 9.22.